The third-order valence-electron chi connectivity index (χ3n) is 3.15. The molecule has 0 aliphatic carbocycles. The van der Waals surface area contributed by atoms with Crippen LogP contribution in [0.5, 0.6) is 0 Å². The first-order valence-electron chi connectivity index (χ1n) is 6.95. The zero-order valence-electron chi connectivity index (χ0n) is 12.6. The fourth-order valence-electron chi connectivity index (χ4n) is 1.89. The smallest absolute Gasteiger partial charge is 0.248 e. The molecule has 1 aromatic carbocycles. The van der Waals surface area contributed by atoms with E-state index >= 15 is 0 Å². The van der Waals surface area contributed by atoms with Crippen LogP contribution in [-0.2, 0) is 10.2 Å². The third kappa shape index (κ3) is 4.56. The number of nitrogens with one attached hydrogen (secondary N) is 1. The fourth-order valence-corrected chi connectivity index (χ4v) is 1.89. The average Bonchev–Trinajstić information content (AvgIpc) is 2.46. The van der Waals surface area contributed by atoms with Crippen molar-refractivity contribution in [2.45, 2.75) is 26.2 Å². The number of pyridine rings is 1. The van der Waals surface area contributed by atoms with Crippen LogP contribution in [0.15, 0.2) is 54.9 Å². The molecule has 0 fully saturated rings. The van der Waals surface area contributed by atoms with E-state index < -0.39 is 0 Å². The fraction of sp³-hybridized carbons (Fsp3) is 0.222. The minimum atomic E-state index is -0.152. The largest absolute Gasteiger partial charge is 0.322 e. The summed E-state index contributed by atoms with van der Waals surface area (Å²) in [7, 11) is 0. The van der Waals surface area contributed by atoms with Crippen LogP contribution in [0, 0.1) is 0 Å². The molecule has 3 heteroatoms. The molecule has 1 aromatic heterocycles. The molecule has 1 heterocycles. The maximum Gasteiger partial charge on any atom is 0.248 e. The van der Waals surface area contributed by atoms with Gasteiger partial charge in [0.1, 0.15) is 0 Å². The van der Waals surface area contributed by atoms with Crippen LogP contribution < -0.4 is 5.32 Å². The highest BCUT2D eigenvalue weighted by molar-refractivity contribution is 6.01. The molecule has 0 radical (unpaired) electrons. The van der Waals surface area contributed by atoms with Crippen LogP contribution in [0.4, 0.5) is 5.69 Å². The molecule has 21 heavy (non-hydrogen) atoms. The lowest BCUT2D eigenvalue weighted by atomic mass is 9.87. The van der Waals surface area contributed by atoms with E-state index in [0.29, 0.717) is 0 Å². The molecule has 0 saturated heterocycles. The van der Waals surface area contributed by atoms with Gasteiger partial charge in [-0.2, -0.15) is 0 Å². The summed E-state index contributed by atoms with van der Waals surface area (Å²) in [6, 6.07) is 11.8. The highest BCUT2D eigenvalue weighted by atomic mass is 16.1. The molecule has 0 aliphatic rings. The highest BCUT2D eigenvalue weighted by Gasteiger charge is 2.12. The number of hydrogen-bond donors (Lipinski definition) is 1. The van der Waals surface area contributed by atoms with Crippen molar-refractivity contribution in [3.63, 3.8) is 0 Å². The van der Waals surface area contributed by atoms with Crippen molar-refractivity contribution in [1.82, 2.24) is 4.98 Å². The van der Waals surface area contributed by atoms with Crippen molar-refractivity contribution in [2.75, 3.05) is 5.32 Å². The molecule has 0 bridgehead atoms. The number of nitrogens with zero attached hydrogens (tertiary/aromatic N) is 1. The Morgan fingerprint density at radius 2 is 1.67 bits per heavy atom. The van der Waals surface area contributed by atoms with Crippen LogP contribution >= 0.6 is 0 Å². The molecule has 0 unspecified atom stereocenters. The topological polar surface area (TPSA) is 42.0 Å². The van der Waals surface area contributed by atoms with Gasteiger partial charge in [0.25, 0.3) is 0 Å². The van der Waals surface area contributed by atoms with Crippen molar-refractivity contribution in [2.24, 2.45) is 0 Å². The molecule has 2 rings (SSSR count). The number of rotatable bonds is 3. The molecule has 3 nitrogen and oxygen atoms in total. The molecule has 1 amide bonds. The second-order valence-corrected chi connectivity index (χ2v) is 5.93. The van der Waals surface area contributed by atoms with Crippen LogP contribution in [0.2, 0.25) is 0 Å². The van der Waals surface area contributed by atoms with E-state index in [2.05, 4.69) is 43.2 Å². The van der Waals surface area contributed by atoms with Crippen molar-refractivity contribution >= 4 is 17.7 Å². The Balaban J connectivity index is 1.99. The van der Waals surface area contributed by atoms with Gasteiger partial charge in [-0.3, -0.25) is 9.78 Å². The van der Waals surface area contributed by atoms with Crippen molar-refractivity contribution in [3.05, 3.63) is 66.0 Å². The van der Waals surface area contributed by atoms with Crippen LogP contribution in [0.3, 0.4) is 0 Å². The summed E-state index contributed by atoms with van der Waals surface area (Å²) in [5, 5.41) is 2.78. The maximum absolute atomic E-state index is 11.8. The van der Waals surface area contributed by atoms with E-state index in [1.165, 1.54) is 11.6 Å². The van der Waals surface area contributed by atoms with E-state index in [4.69, 9.17) is 0 Å². The first-order valence-corrected chi connectivity index (χ1v) is 6.95. The van der Waals surface area contributed by atoms with E-state index in [1.54, 1.807) is 24.5 Å². The number of hydrogen-bond acceptors (Lipinski definition) is 2. The summed E-state index contributed by atoms with van der Waals surface area (Å²) in [5.74, 6) is -0.152. The van der Waals surface area contributed by atoms with Gasteiger partial charge in [-0.05, 0) is 34.8 Å². The Labute approximate surface area is 125 Å². The number of anilines is 1. The standard InChI is InChI=1S/C18H20N2O/c1-18(2,3)15-7-4-14(5-8-15)6-9-17(21)20-16-10-12-19-13-11-16/h4-13H,1-3H3,(H,19,20,21). The number of carbonyl (C=O) groups excluding carboxylic acids is 1. The third-order valence-corrected chi connectivity index (χ3v) is 3.15. The molecule has 0 saturated carbocycles. The average molecular weight is 280 g/mol. The van der Waals surface area contributed by atoms with E-state index in [0.717, 1.165) is 11.3 Å². The predicted octanol–water partition coefficient (Wildman–Crippen LogP) is 4.03. The normalized spacial score (nSPS) is 11.6. The lowest BCUT2D eigenvalue weighted by molar-refractivity contribution is -0.111. The molecule has 0 atom stereocenters. The second kappa shape index (κ2) is 6.35. The van der Waals surface area contributed by atoms with Gasteiger partial charge in [-0.1, -0.05) is 45.0 Å². The summed E-state index contributed by atoms with van der Waals surface area (Å²) < 4.78 is 0. The van der Waals surface area contributed by atoms with Crippen molar-refractivity contribution in [1.29, 1.82) is 0 Å². The lowest BCUT2D eigenvalue weighted by Gasteiger charge is -2.18. The number of carbonyl (C=O) groups is 1. The maximum atomic E-state index is 11.8. The van der Waals surface area contributed by atoms with Crippen LogP contribution in [0.25, 0.3) is 6.08 Å². The Bertz CT molecular complexity index is 623. The molecule has 0 aliphatic heterocycles. The van der Waals surface area contributed by atoms with Gasteiger partial charge < -0.3 is 5.32 Å². The number of benzene rings is 1. The monoisotopic (exact) mass is 280 g/mol. The van der Waals surface area contributed by atoms with Gasteiger partial charge in [-0.15, -0.1) is 0 Å². The van der Waals surface area contributed by atoms with Crippen LogP contribution in [0.1, 0.15) is 31.9 Å². The SMILES string of the molecule is CC(C)(C)c1ccc(C=CC(=O)Nc2ccncc2)cc1. The van der Waals surface area contributed by atoms with Crippen molar-refractivity contribution in [3.8, 4) is 0 Å². The van der Waals surface area contributed by atoms with Gasteiger partial charge in [0.2, 0.25) is 5.91 Å². The summed E-state index contributed by atoms with van der Waals surface area (Å²) in [5.41, 5.74) is 3.16. The Morgan fingerprint density at radius 1 is 1.05 bits per heavy atom. The summed E-state index contributed by atoms with van der Waals surface area (Å²) in [6.45, 7) is 6.54. The van der Waals surface area contributed by atoms with Gasteiger partial charge in [0, 0.05) is 24.2 Å². The predicted molar refractivity (Wildman–Crippen MR) is 87.0 cm³/mol. The Hall–Kier alpha value is -2.42. The Morgan fingerprint density at radius 3 is 2.24 bits per heavy atom. The van der Waals surface area contributed by atoms with Crippen LogP contribution in [-0.4, -0.2) is 10.9 Å². The molecular weight excluding hydrogens is 260 g/mol. The summed E-state index contributed by atoms with van der Waals surface area (Å²) in [6.07, 6.45) is 6.63. The number of amides is 1. The van der Waals surface area contributed by atoms with E-state index in [1.807, 2.05) is 18.2 Å². The van der Waals surface area contributed by atoms with Gasteiger partial charge >= 0.3 is 0 Å². The van der Waals surface area contributed by atoms with Gasteiger partial charge in [0.15, 0.2) is 0 Å². The molecule has 0 spiro atoms. The van der Waals surface area contributed by atoms with E-state index in [9.17, 15) is 4.79 Å². The Kier molecular flexibility index (Phi) is 4.53. The second-order valence-electron chi connectivity index (χ2n) is 5.93. The van der Waals surface area contributed by atoms with Gasteiger partial charge in [0.05, 0.1) is 0 Å². The summed E-state index contributed by atoms with van der Waals surface area (Å²) in [4.78, 5) is 15.7. The van der Waals surface area contributed by atoms with E-state index in [-0.39, 0.29) is 11.3 Å². The highest BCUT2D eigenvalue weighted by Crippen LogP contribution is 2.22. The first-order chi connectivity index (χ1) is 9.95. The zero-order chi connectivity index (χ0) is 15.3. The van der Waals surface area contributed by atoms with Crippen molar-refractivity contribution < 1.29 is 4.79 Å². The molecule has 1 N–H and O–H groups in total. The molecular formula is C18H20N2O. The van der Waals surface area contributed by atoms with Gasteiger partial charge in [-0.25, -0.2) is 0 Å². The minimum Gasteiger partial charge on any atom is -0.322 e. The minimum absolute atomic E-state index is 0.140. The summed E-state index contributed by atoms with van der Waals surface area (Å²) >= 11 is 0. The zero-order valence-corrected chi connectivity index (χ0v) is 12.6. The molecule has 108 valence electrons. The lowest BCUT2D eigenvalue weighted by Crippen LogP contribution is -2.10. The number of aromatic nitrogens is 1. The first kappa shape index (κ1) is 15.0. The quantitative estimate of drug-likeness (QED) is 0.862. The molecule has 2 aromatic rings.